The van der Waals surface area contributed by atoms with Gasteiger partial charge in [-0.25, -0.2) is 15.0 Å². The number of imidazole rings is 1. The summed E-state index contributed by atoms with van der Waals surface area (Å²) >= 11 is 4.64. The summed E-state index contributed by atoms with van der Waals surface area (Å²) in [6, 6.07) is 7.47. The highest BCUT2D eigenvalue weighted by molar-refractivity contribution is 7.78. The molecule has 4 atom stereocenters. The van der Waals surface area contributed by atoms with E-state index in [0.29, 0.717) is 29.2 Å². The Kier molecular flexibility index (Phi) is 5.98. The molecule has 4 rings (SSSR count). The molecule has 31 heavy (non-hydrogen) atoms. The van der Waals surface area contributed by atoms with Gasteiger partial charge in [0.15, 0.2) is 29.3 Å². The Hall–Kier alpha value is -3.28. The molecule has 1 aliphatic heterocycles. The number of fused-ring (bicyclic) bond motifs is 1. The summed E-state index contributed by atoms with van der Waals surface area (Å²) in [5.74, 6) is -0.0565. The number of rotatable bonds is 6. The average Bonchev–Trinajstić information content (AvgIpc) is 3.34. The molecular formula is C19H19N7O4S. The number of thiocarbonyl (C=S) groups is 1. The number of nitrogens with zero attached hydrogens (tertiary/aromatic N) is 5. The van der Waals surface area contributed by atoms with E-state index in [-0.39, 0.29) is 0 Å². The molecule has 2 aromatic heterocycles. The maximum Gasteiger partial charge on any atom is 0.251 e. The molecule has 3 aromatic rings. The quantitative estimate of drug-likeness (QED) is 0.318. The normalized spacial score (nSPS) is 22.8. The second-order valence-corrected chi connectivity index (χ2v) is 7.00. The molecule has 0 saturated carbocycles. The van der Waals surface area contributed by atoms with Crippen LogP contribution >= 0.6 is 12.2 Å². The van der Waals surface area contributed by atoms with Crippen LogP contribution in [0.3, 0.4) is 0 Å². The lowest BCUT2D eigenvalue weighted by atomic mass is 10.1. The highest BCUT2D eigenvalue weighted by Gasteiger charge is 2.47. The maximum atomic E-state index is 11.9. The van der Waals surface area contributed by atoms with Gasteiger partial charge in [0, 0.05) is 13.6 Å². The SMILES string of the molecule is CNC(=O)[C@H]1O[C@@H](n2cnc3c(NCc4cccc(N=C=S)c4)ncnc32)[C@H](O)[C@@H]1O. The van der Waals surface area contributed by atoms with Gasteiger partial charge < -0.3 is 25.6 Å². The van der Waals surface area contributed by atoms with Crippen LogP contribution < -0.4 is 10.6 Å². The second kappa shape index (κ2) is 8.84. The Morgan fingerprint density at radius 3 is 2.94 bits per heavy atom. The molecule has 1 saturated heterocycles. The summed E-state index contributed by atoms with van der Waals surface area (Å²) in [5, 5.41) is 28.5. The van der Waals surface area contributed by atoms with E-state index in [1.807, 2.05) is 24.3 Å². The van der Waals surface area contributed by atoms with Crippen LogP contribution in [0.5, 0.6) is 0 Å². The van der Waals surface area contributed by atoms with Gasteiger partial charge in [0.05, 0.1) is 17.2 Å². The smallest absolute Gasteiger partial charge is 0.251 e. The second-order valence-electron chi connectivity index (χ2n) is 6.82. The van der Waals surface area contributed by atoms with Crippen molar-refractivity contribution in [2.24, 2.45) is 4.99 Å². The minimum absolute atomic E-state index is 0.380. The van der Waals surface area contributed by atoms with Crippen molar-refractivity contribution in [3.05, 3.63) is 42.5 Å². The Balaban J connectivity index is 1.58. The van der Waals surface area contributed by atoms with Gasteiger partial charge in [-0.2, -0.15) is 4.99 Å². The molecule has 1 amide bonds. The third-order valence-corrected chi connectivity index (χ3v) is 5.01. The third kappa shape index (κ3) is 4.02. The lowest BCUT2D eigenvalue weighted by Crippen LogP contribution is -2.41. The summed E-state index contributed by atoms with van der Waals surface area (Å²) < 4.78 is 7.07. The average molecular weight is 441 g/mol. The highest BCUT2D eigenvalue weighted by atomic mass is 32.1. The van der Waals surface area contributed by atoms with Crippen LogP contribution in [-0.4, -0.2) is 66.2 Å². The van der Waals surface area contributed by atoms with Crippen LogP contribution in [0.4, 0.5) is 11.5 Å². The zero-order valence-electron chi connectivity index (χ0n) is 16.3. The van der Waals surface area contributed by atoms with Crippen molar-refractivity contribution < 1.29 is 19.7 Å². The van der Waals surface area contributed by atoms with Gasteiger partial charge in [0.1, 0.15) is 18.5 Å². The first-order valence-electron chi connectivity index (χ1n) is 9.35. The third-order valence-electron chi connectivity index (χ3n) is 4.92. The van der Waals surface area contributed by atoms with Crippen LogP contribution in [0.1, 0.15) is 11.8 Å². The molecule has 3 heterocycles. The zero-order valence-corrected chi connectivity index (χ0v) is 17.2. The van der Waals surface area contributed by atoms with Crippen molar-refractivity contribution in [1.29, 1.82) is 0 Å². The van der Waals surface area contributed by atoms with E-state index in [1.165, 1.54) is 24.3 Å². The number of hydrogen-bond acceptors (Lipinski definition) is 10. The first-order chi connectivity index (χ1) is 15.0. The molecule has 1 aliphatic rings. The van der Waals surface area contributed by atoms with E-state index in [4.69, 9.17) is 4.74 Å². The molecule has 12 heteroatoms. The number of anilines is 1. The minimum atomic E-state index is -1.39. The van der Waals surface area contributed by atoms with Crippen LogP contribution in [0.15, 0.2) is 41.9 Å². The highest BCUT2D eigenvalue weighted by Crippen LogP contribution is 2.32. The lowest BCUT2D eigenvalue weighted by molar-refractivity contribution is -0.137. The van der Waals surface area contributed by atoms with Crippen LogP contribution in [0.25, 0.3) is 11.2 Å². The van der Waals surface area contributed by atoms with Gasteiger partial charge in [0.25, 0.3) is 5.91 Å². The number of likely N-dealkylation sites (N-methyl/N-ethyl adjacent to an activating group) is 1. The number of carbonyl (C=O) groups excluding carboxylic acids is 1. The first kappa shape index (κ1) is 21.0. The van der Waals surface area contributed by atoms with E-state index >= 15 is 0 Å². The Morgan fingerprint density at radius 2 is 2.16 bits per heavy atom. The van der Waals surface area contributed by atoms with Crippen molar-refractivity contribution in [2.45, 2.75) is 31.1 Å². The van der Waals surface area contributed by atoms with Gasteiger partial charge in [-0.15, -0.1) is 0 Å². The fourth-order valence-corrected chi connectivity index (χ4v) is 3.50. The minimum Gasteiger partial charge on any atom is -0.387 e. The van der Waals surface area contributed by atoms with Gasteiger partial charge in [-0.3, -0.25) is 9.36 Å². The fourth-order valence-electron chi connectivity index (χ4n) is 3.39. The van der Waals surface area contributed by atoms with Crippen molar-refractivity contribution in [3.8, 4) is 0 Å². The number of carbonyl (C=O) groups is 1. The lowest BCUT2D eigenvalue weighted by Gasteiger charge is -2.16. The summed E-state index contributed by atoms with van der Waals surface area (Å²) in [7, 11) is 1.42. The fraction of sp³-hybridized carbons (Fsp3) is 0.316. The largest absolute Gasteiger partial charge is 0.387 e. The number of aliphatic hydroxyl groups excluding tert-OH is 2. The Labute approximate surface area is 181 Å². The molecule has 0 radical (unpaired) electrons. The number of amides is 1. The van der Waals surface area contributed by atoms with Crippen molar-refractivity contribution >= 4 is 46.0 Å². The zero-order chi connectivity index (χ0) is 22.0. The molecular weight excluding hydrogens is 422 g/mol. The predicted molar refractivity (Wildman–Crippen MR) is 114 cm³/mol. The van der Waals surface area contributed by atoms with E-state index in [1.54, 1.807) is 0 Å². The topological polar surface area (TPSA) is 147 Å². The first-order valence-corrected chi connectivity index (χ1v) is 9.75. The van der Waals surface area contributed by atoms with Crippen molar-refractivity contribution in [1.82, 2.24) is 24.8 Å². The van der Waals surface area contributed by atoms with Crippen LogP contribution in [-0.2, 0) is 16.1 Å². The van der Waals surface area contributed by atoms with Gasteiger partial charge in [0.2, 0.25) is 0 Å². The summed E-state index contributed by atoms with van der Waals surface area (Å²) in [6.07, 6.45) is -2.19. The van der Waals surface area contributed by atoms with Gasteiger partial charge in [-0.05, 0) is 29.9 Å². The summed E-state index contributed by atoms with van der Waals surface area (Å²) in [4.78, 5) is 28.7. The number of aliphatic imine (C=N–C) groups is 1. The van der Waals surface area contributed by atoms with Crippen LogP contribution in [0.2, 0.25) is 0 Å². The number of isothiocyanates is 1. The van der Waals surface area contributed by atoms with Crippen molar-refractivity contribution in [3.63, 3.8) is 0 Å². The summed E-state index contributed by atoms with van der Waals surface area (Å²) in [6.45, 7) is 0.444. The Morgan fingerprint density at radius 1 is 1.32 bits per heavy atom. The van der Waals surface area contributed by atoms with E-state index in [2.05, 4.69) is 48.0 Å². The number of aromatic nitrogens is 4. The number of nitrogens with one attached hydrogen (secondary N) is 2. The monoisotopic (exact) mass is 441 g/mol. The maximum absolute atomic E-state index is 11.9. The number of ether oxygens (including phenoxy) is 1. The van der Waals surface area contributed by atoms with E-state index in [9.17, 15) is 15.0 Å². The number of aliphatic hydroxyl groups is 2. The number of benzene rings is 1. The van der Waals surface area contributed by atoms with E-state index < -0.39 is 30.4 Å². The van der Waals surface area contributed by atoms with Crippen LogP contribution in [0, 0.1) is 0 Å². The van der Waals surface area contributed by atoms with Crippen molar-refractivity contribution in [2.75, 3.05) is 12.4 Å². The molecule has 1 aromatic carbocycles. The molecule has 11 nitrogen and oxygen atoms in total. The molecule has 160 valence electrons. The van der Waals surface area contributed by atoms with E-state index in [0.717, 1.165) is 5.56 Å². The molecule has 0 unspecified atom stereocenters. The summed E-state index contributed by atoms with van der Waals surface area (Å²) in [5.41, 5.74) is 2.47. The molecule has 1 fully saturated rings. The predicted octanol–water partition coefficient (Wildman–Crippen LogP) is 0.538. The molecule has 0 aliphatic carbocycles. The van der Waals surface area contributed by atoms with Gasteiger partial charge >= 0.3 is 0 Å². The Bertz CT molecular complexity index is 1160. The van der Waals surface area contributed by atoms with Gasteiger partial charge in [-0.1, -0.05) is 12.1 Å². The number of hydrogen-bond donors (Lipinski definition) is 4. The molecule has 4 N–H and O–H groups in total. The molecule has 0 bridgehead atoms. The molecule has 0 spiro atoms. The standard InChI is InChI=1S/C19H19N7O4S/c1-20-18(29)15-13(27)14(28)19(30-15)26-8-24-12-16(22-7-23-17(12)26)21-6-10-3-2-4-11(5-10)25-9-31/h2-5,7-8,13-15,19,27-28H,6H2,1H3,(H,20,29)(H,21,22,23)/t13-,14+,15-,19+/m0/s1.